The number of aromatic nitrogens is 2. The Kier molecular flexibility index (Phi) is 7.04. The average Bonchev–Trinajstić information content (AvgIpc) is 3.18. The van der Waals surface area contributed by atoms with Crippen molar-refractivity contribution in [1.82, 2.24) is 14.9 Å². The molecule has 8 nitrogen and oxygen atoms in total. The van der Waals surface area contributed by atoms with Crippen LogP contribution < -0.4 is 14.8 Å². The van der Waals surface area contributed by atoms with E-state index in [0.717, 1.165) is 28.0 Å². The normalized spacial score (nSPS) is 12.4. The summed E-state index contributed by atoms with van der Waals surface area (Å²) in [6.07, 6.45) is 0. The van der Waals surface area contributed by atoms with Crippen LogP contribution in [0, 0.1) is 20.8 Å². The predicted octanol–water partition coefficient (Wildman–Crippen LogP) is 3.46. The first-order valence-corrected chi connectivity index (χ1v) is 11.9. The van der Waals surface area contributed by atoms with E-state index in [4.69, 9.17) is 4.74 Å². The van der Waals surface area contributed by atoms with E-state index in [1.807, 2.05) is 51.1 Å². The molecule has 10 heteroatoms. The van der Waals surface area contributed by atoms with Crippen molar-refractivity contribution in [2.75, 3.05) is 11.9 Å². The molecule has 2 aromatic carbocycles. The van der Waals surface area contributed by atoms with Gasteiger partial charge in [-0.25, -0.2) is 13.1 Å². The van der Waals surface area contributed by atoms with Gasteiger partial charge in [0.2, 0.25) is 9.47 Å². The lowest BCUT2D eigenvalue weighted by Crippen LogP contribution is -2.36. The molecule has 0 bridgehead atoms. The van der Waals surface area contributed by atoms with E-state index in [-0.39, 0.29) is 22.0 Å². The molecule has 2 N–H and O–H groups in total. The van der Waals surface area contributed by atoms with Crippen LogP contribution in [-0.2, 0) is 10.0 Å². The molecule has 0 radical (unpaired) electrons. The topological polar surface area (TPSA) is 110 Å². The highest BCUT2D eigenvalue weighted by Gasteiger charge is 2.23. The van der Waals surface area contributed by atoms with Crippen molar-refractivity contribution in [3.05, 3.63) is 64.7 Å². The van der Waals surface area contributed by atoms with Gasteiger partial charge in [0.1, 0.15) is 12.4 Å². The Morgan fingerprint density at radius 1 is 1.06 bits per heavy atom. The van der Waals surface area contributed by atoms with Crippen molar-refractivity contribution in [3.8, 4) is 5.75 Å². The molecule has 1 aromatic heterocycles. The lowest BCUT2D eigenvalue weighted by Gasteiger charge is -2.14. The van der Waals surface area contributed by atoms with Gasteiger partial charge in [-0.3, -0.25) is 10.1 Å². The van der Waals surface area contributed by atoms with E-state index in [1.54, 1.807) is 19.1 Å². The zero-order chi connectivity index (χ0) is 22.6. The first kappa shape index (κ1) is 22.9. The Hall–Kier alpha value is -2.82. The molecular formula is C21H24N4O4S2. The molecular weight excluding hydrogens is 436 g/mol. The average molecular weight is 461 g/mol. The van der Waals surface area contributed by atoms with E-state index in [0.29, 0.717) is 11.3 Å². The van der Waals surface area contributed by atoms with Crippen molar-refractivity contribution in [2.45, 2.75) is 38.1 Å². The van der Waals surface area contributed by atoms with Crippen LogP contribution in [0.15, 0.2) is 46.8 Å². The van der Waals surface area contributed by atoms with Crippen LogP contribution in [0.2, 0.25) is 0 Å². The summed E-state index contributed by atoms with van der Waals surface area (Å²) in [5.74, 6) is 0.299. The van der Waals surface area contributed by atoms with Gasteiger partial charge >= 0.3 is 0 Å². The number of ether oxygens (including phenoxy) is 1. The zero-order valence-electron chi connectivity index (χ0n) is 17.7. The van der Waals surface area contributed by atoms with Crippen LogP contribution >= 0.6 is 11.3 Å². The molecule has 0 spiro atoms. The predicted molar refractivity (Wildman–Crippen MR) is 120 cm³/mol. The number of carbonyl (C=O) groups excluding carboxylic acids is 1. The highest BCUT2D eigenvalue weighted by Crippen LogP contribution is 2.21. The van der Waals surface area contributed by atoms with Crippen LogP contribution in [0.3, 0.4) is 0 Å². The molecule has 3 aromatic rings. The summed E-state index contributed by atoms with van der Waals surface area (Å²) < 4.78 is 33.2. The molecule has 1 atom stereocenters. The quantitative estimate of drug-likeness (QED) is 0.498. The number of amides is 1. The van der Waals surface area contributed by atoms with Gasteiger partial charge in [-0.15, -0.1) is 10.2 Å². The van der Waals surface area contributed by atoms with Gasteiger partial charge in [0.15, 0.2) is 0 Å². The zero-order valence-corrected chi connectivity index (χ0v) is 19.3. The van der Waals surface area contributed by atoms with Crippen molar-refractivity contribution in [2.24, 2.45) is 0 Å². The van der Waals surface area contributed by atoms with Gasteiger partial charge in [-0.05, 0) is 62.6 Å². The Balaban J connectivity index is 1.60. The van der Waals surface area contributed by atoms with Gasteiger partial charge in [0, 0.05) is 5.56 Å². The third-order valence-corrected chi connectivity index (χ3v) is 7.38. The summed E-state index contributed by atoms with van der Waals surface area (Å²) in [5, 5.41) is 10.2. The van der Waals surface area contributed by atoms with Crippen molar-refractivity contribution < 1.29 is 17.9 Å². The van der Waals surface area contributed by atoms with Gasteiger partial charge < -0.3 is 4.74 Å². The van der Waals surface area contributed by atoms with Crippen LogP contribution in [0.5, 0.6) is 5.75 Å². The Bertz CT molecular complexity index is 1190. The second kappa shape index (κ2) is 9.54. The maximum atomic E-state index is 12.6. The first-order valence-electron chi connectivity index (χ1n) is 9.58. The molecule has 3 rings (SSSR count). The number of hydrogen-bond donors (Lipinski definition) is 2. The molecule has 0 aliphatic heterocycles. The molecule has 1 heterocycles. The van der Waals surface area contributed by atoms with Crippen molar-refractivity contribution in [3.63, 3.8) is 0 Å². The molecule has 0 aliphatic carbocycles. The van der Waals surface area contributed by atoms with Crippen LogP contribution in [-0.4, -0.2) is 37.2 Å². The first-order chi connectivity index (χ1) is 14.7. The third-order valence-electron chi connectivity index (χ3n) is 4.58. The Morgan fingerprint density at radius 2 is 1.81 bits per heavy atom. The molecule has 0 saturated carbocycles. The third kappa shape index (κ3) is 5.87. The standard InChI is InChI=1S/C21H24N4O4S2/c1-13-9-10-17(11-15(13)3)29-12-16(4)25-31(27,28)21-24-23-20(30-21)22-19(26)18-8-6-5-7-14(18)2/h5-11,16,25H,12H2,1-4H3,(H,22,23,26)/t16-/m0/s1. The van der Waals surface area contributed by atoms with Gasteiger partial charge in [-0.2, -0.15) is 0 Å². The van der Waals surface area contributed by atoms with Crippen LogP contribution in [0.4, 0.5) is 5.13 Å². The molecule has 0 saturated heterocycles. The number of sulfonamides is 1. The van der Waals surface area contributed by atoms with Gasteiger partial charge in [0.05, 0.1) is 6.04 Å². The second-order valence-electron chi connectivity index (χ2n) is 7.22. The minimum Gasteiger partial charge on any atom is -0.492 e. The number of aryl methyl sites for hydroxylation is 3. The Labute approximate surface area is 185 Å². The van der Waals surface area contributed by atoms with E-state index in [9.17, 15) is 13.2 Å². The summed E-state index contributed by atoms with van der Waals surface area (Å²) in [6, 6.07) is 12.3. The number of nitrogens with one attached hydrogen (secondary N) is 2. The summed E-state index contributed by atoms with van der Waals surface area (Å²) in [5.41, 5.74) is 3.54. The highest BCUT2D eigenvalue weighted by molar-refractivity contribution is 7.91. The fourth-order valence-electron chi connectivity index (χ4n) is 2.74. The van der Waals surface area contributed by atoms with Gasteiger partial charge in [0.25, 0.3) is 15.9 Å². The lowest BCUT2D eigenvalue weighted by molar-refractivity contribution is 0.102. The minimum atomic E-state index is -3.90. The lowest BCUT2D eigenvalue weighted by atomic mass is 10.1. The van der Waals surface area contributed by atoms with E-state index < -0.39 is 16.1 Å². The van der Waals surface area contributed by atoms with Crippen LogP contribution in [0.25, 0.3) is 0 Å². The molecule has 31 heavy (non-hydrogen) atoms. The largest absolute Gasteiger partial charge is 0.492 e. The molecule has 1 amide bonds. The molecule has 0 unspecified atom stereocenters. The fourth-order valence-corrected chi connectivity index (χ4v) is 4.87. The fraction of sp³-hybridized carbons (Fsp3) is 0.286. The molecule has 164 valence electrons. The minimum absolute atomic E-state index is 0.104. The number of rotatable bonds is 8. The summed E-state index contributed by atoms with van der Waals surface area (Å²) in [7, 11) is -3.90. The maximum Gasteiger partial charge on any atom is 0.270 e. The summed E-state index contributed by atoms with van der Waals surface area (Å²) in [4.78, 5) is 12.4. The number of anilines is 1. The number of benzene rings is 2. The number of carbonyl (C=O) groups is 1. The summed E-state index contributed by atoms with van der Waals surface area (Å²) >= 11 is 0.783. The van der Waals surface area contributed by atoms with Gasteiger partial charge in [-0.1, -0.05) is 35.6 Å². The molecule has 0 aliphatic rings. The smallest absolute Gasteiger partial charge is 0.270 e. The van der Waals surface area contributed by atoms with E-state index in [1.165, 1.54) is 0 Å². The SMILES string of the molecule is Cc1ccc(OC[C@H](C)NS(=O)(=O)c2nnc(NC(=O)c3ccccc3C)s2)cc1C. The van der Waals surface area contributed by atoms with E-state index in [2.05, 4.69) is 20.2 Å². The monoisotopic (exact) mass is 460 g/mol. The second-order valence-corrected chi connectivity index (χ2v) is 10.1. The van der Waals surface area contributed by atoms with E-state index >= 15 is 0 Å². The maximum absolute atomic E-state index is 12.6. The van der Waals surface area contributed by atoms with Crippen LogP contribution in [0.1, 0.15) is 34.0 Å². The molecule has 0 fully saturated rings. The highest BCUT2D eigenvalue weighted by atomic mass is 32.2. The number of hydrogen-bond acceptors (Lipinski definition) is 7. The number of nitrogens with zero attached hydrogens (tertiary/aromatic N) is 2. The Morgan fingerprint density at radius 3 is 2.52 bits per heavy atom. The van der Waals surface area contributed by atoms with Crippen molar-refractivity contribution in [1.29, 1.82) is 0 Å². The summed E-state index contributed by atoms with van der Waals surface area (Å²) in [6.45, 7) is 7.66. The van der Waals surface area contributed by atoms with Crippen molar-refractivity contribution >= 4 is 32.4 Å².